The standard InChI is InChI=1S/C11H8ClNO2S/c1-7(14)9-3-5-11(15-9)16-10-4-2-8(12)6-13-10/h2-6H,1H3. The summed E-state index contributed by atoms with van der Waals surface area (Å²) in [6.07, 6.45) is 1.57. The average Bonchev–Trinajstić information content (AvgIpc) is 2.70. The molecule has 2 aromatic heterocycles. The van der Waals surface area contributed by atoms with Gasteiger partial charge in [-0.2, -0.15) is 0 Å². The van der Waals surface area contributed by atoms with Crippen molar-refractivity contribution in [3.8, 4) is 0 Å². The van der Waals surface area contributed by atoms with Crippen molar-refractivity contribution in [3.05, 3.63) is 41.2 Å². The highest BCUT2D eigenvalue weighted by Crippen LogP contribution is 2.28. The molecule has 0 spiro atoms. The zero-order chi connectivity index (χ0) is 11.5. The molecule has 0 aliphatic heterocycles. The van der Waals surface area contributed by atoms with E-state index in [-0.39, 0.29) is 5.78 Å². The third-order valence-electron chi connectivity index (χ3n) is 1.83. The van der Waals surface area contributed by atoms with E-state index in [0.717, 1.165) is 5.03 Å². The number of halogens is 1. The van der Waals surface area contributed by atoms with Crippen molar-refractivity contribution >= 4 is 29.1 Å². The van der Waals surface area contributed by atoms with Gasteiger partial charge in [-0.3, -0.25) is 4.79 Å². The minimum atomic E-state index is -0.0871. The number of rotatable bonds is 3. The third kappa shape index (κ3) is 2.65. The fraction of sp³-hybridized carbons (Fsp3) is 0.0909. The number of hydrogen-bond acceptors (Lipinski definition) is 4. The van der Waals surface area contributed by atoms with Gasteiger partial charge in [0.05, 0.1) is 5.02 Å². The van der Waals surface area contributed by atoms with Gasteiger partial charge in [0.15, 0.2) is 16.6 Å². The lowest BCUT2D eigenvalue weighted by molar-refractivity contribution is 0.0982. The van der Waals surface area contributed by atoms with Crippen molar-refractivity contribution in [1.29, 1.82) is 0 Å². The second-order valence-corrected chi connectivity index (χ2v) is 4.55. The molecule has 0 radical (unpaired) electrons. The number of carbonyl (C=O) groups is 1. The van der Waals surface area contributed by atoms with Crippen molar-refractivity contribution in [3.63, 3.8) is 0 Å². The summed E-state index contributed by atoms with van der Waals surface area (Å²) in [5.41, 5.74) is 0. The highest BCUT2D eigenvalue weighted by molar-refractivity contribution is 7.99. The Balaban J connectivity index is 2.14. The molecule has 2 aromatic rings. The first-order chi connectivity index (χ1) is 7.65. The van der Waals surface area contributed by atoms with Crippen LogP contribution >= 0.6 is 23.4 Å². The maximum absolute atomic E-state index is 11.0. The van der Waals surface area contributed by atoms with Gasteiger partial charge < -0.3 is 4.42 Å². The number of furan rings is 1. The fourth-order valence-corrected chi connectivity index (χ4v) is 1.92. The van der Waals surface area contributed by atoms with Crippen LogP contribution in [-0.4, -0.2) is 10.8 Å². The number of ketones is 1. The Morgan fingerprint density at radius 3 is 2.75 bits per heavy atom. The van der Waals surface area contributed by atoms with Crippen molar-refractivity contribution in [2.75, 3.05) is 0 Å². The Morgan fingerprint density at radius 2 is 2.19 bits per heavy atom. The van der Waals surface area contributed by atoms with E-state index in [1.165, 1.54) is 18.7 Å². The van der Waals surface area contributed by atoms with Crippen LogP contribution in [0.4, 0.5) is 0 Å². The average molecular weight is 254 g/mol. The predicted octanol–water partition coefficient (Wildman–Crippen LogP) is 3.68. The van der Waals surface area contributed by atoms with Crippen LogP contribution in [0.5, 0.6) is 0 Å². The van der Waals surface area contributed by atoms with E-state index in [2.05, 4.69) is 4.98 Å². The molecule has 3 nitrogen and oxygen atoms in total. The number of hydrogen-bond donors (Lipinski definition) is 0. The van der Waals surface area contributed by atoms with E-state index in [9.17, 15) is 4.79 Å². The molecule has 5 heteroatoms. The molecule has 2 heterocycles. The lowest BCUT2D eigenvalue weighted by Crippen LogP contribution is -1.85. The molecule has 2 rings (SSSR count). The summed E-state index contributed by atoms with van der Waals surface area (Å²) < 4.78 is 5.32. The van der Waals surface area contributed by atoms with Gasteiger partial charge in [-0.1, -0.05) is 11.6 Å². The van der Waals surface area contributed by atoms with E-state index in [4.69, 9.17) is 16.0 Å². The molecule has 82 valence electrons. The summed E-state index contributed by atoms with van der Waals surface area (Å²) in [6, 6.07) is 6.95. The van der Waals surface area contributed by atoms with E-state index in [1.807, 2.05) is 0 Å². The van der Waals surface area contributed by atoms with Crippen LogP contribution in [0.1, 0.15) is 17.5 Å². The molecular weight excluding hydrogens is 246 g/mol. The molecule has 0 unspecified atom stereocenters. The Bertz CT molecular complexity index is 507. The Hall–Kier alpha value is -1.26. The Labute approximate surface area is 102 Å². The Kier molecular flexibility index (Phi) is 3.31. The number of aromatic nitrogens is 1. The van der Waals surface area contributed by atoms with Crippen LogP contribution in [-0.2, 0) is 0 Å². The topological polar surface area (TPSA) is 43.1 Å². The molecule has 0 N–H and O–H groups in total. The summed E-state index contributed by atoms with van der Waals surface area (Å²) in [6.45, 7) is 1.47. The van der Waals surface area contributed by atoms with Crippen LogP contribution in [0.15, 0.2) is 45.0 Å². The van der Waals surface area contributed by atoms with E-state index in [1.54, 1.807) is 30.5 Å². The zero-order valence-electron chi connectivity index (χ0n) is 8.44. The van der Waals surface area contributed by atoms with E-state index < -0.39 is 0 Å². The Morgan fingerprint density at radius 1 is 1.38 bits per heavy atom. The highest BCUT2D eigenvalue weighted by atomic mass is 35.5. The summed E-state index contributed by atoms with van der Waals surface area (Å²) in [5.74, 6) is 0.271. The first kappa shape index (κ1) is 11.2. The molecule has 0 saturated carbocycles. The molecule has 0 aliphatic carbocycles. The molecule has 0 saturated heterocycles. The minimum absolute atomic E-state index is 0.0871. The monoisotopic (exact) mass is 253 g/mol. The molecule has 0 aliphatic rings. The molecule has 0 amide bonds. The second-order valence-electron chi connectivity index (χ2n) is 3.09. The largest absolute Gasteiger partial charge is 0.446 e. The molecular formula is C11H8ClNO2S. The van der Waals surface area contributed by atoms with Crippen LogP contribution in [0.3, 0.4) is 0 Å². The highest BCUT2D eigenvalue weighted by Gasteiger charge is 2.07. The van der Waals surface area contributed by atoms with Gasteiger partial charge in [0.25, 0.3) is 0 Å². The van der Waals surface area contributed by atoms with Crippen LogP contribution in [0.2, 0.25) is 5.02 Å². The van der Waals surface area contributed by atoms with Crippen molar-refractivity contribution < 1.29 is 9.21 Å². The number of pyridine rings is 1. The van der Waals surface area contributed by atoms with Gasteiger partial charge in [-0.05, 0) is 36.0 Å². The van der Waals surface area contributed by atoms with E-state index in [0.29, 0.717) is 15.9 Å². The van der Waals surface area contributed by atoms with Crippen molar-refractivity contribution in [2.24, 2.45) is 0 Å². The van der Waals surface area contributed by atoms with E-state index >= 15 is 0 Å². The van der Waals surface area contributed by atoms with Crippen molar-refractivity contribution in [1.82, 2.24) is 4.98 Å². The first-order valence-electron chi connectivity index (χ1n) is 4.55. The molecule has 0 fully saturated rings. The third-order valence-corrected chi connectivity index (χ3v) is 2.93. The fourth-order valence-electron chi connectivity index (χ4n) is 1.09. The minimum Gasteiger partial charge on any atom is -0.446 e. The molecule has 0 atom stereocenters. The first-order valence-corrected chi connectivity index (χ1v) is 5.75. The van der Waals surface area contributed by atoms with Gasteiger partial charge in [-0.25, -0.2) is 4.98 Å². The predicted molar refractivity (Wildman–Crippen MR) is 62.1 cm³/mol. The lowest BCUT2D eigenvalue weighted by atomic mass is 10.3. The maximum Gasteiger partial charge on any atom is 0.194 e. The summed E-state index contributed by atoms with van der Waals surface area (Å²) in [5, 5.41) is 2.00. The molecule has 16 heavy (non-hydrogen) atoms. The van der Waals surface area contributed by atoms with Crippen LogP contribution < -0.4 is 0 Å². The van der Waals surface area contributed by atoms with Crippen LogP contribution in [0.25, 0.3) is 0 Å². The molecule has 0 bridgehead atoms. The van der Waals surface area contributed by atoms with Gasteiger partial charge >= 0.3 is 0 Å². The van der Waals surface area contributed by atoms with Gasteiger partial charge in [0.1, 0.15) is 5.03 Å². The SMILES string of the molecule is CC(=O)c1ccc(Sc2ccc(Cl)cn2)o1. The maximum atomic E-state index is 11.0. The summed E-state index contributed by atoms with van der Waals surface area (Å²) in [7, 11) is 0. The zero-order valence-corrected chi connectivity index (χ0v) is 10.0. The van der Waals surface area contributed by atoms with Crippen LogP contribution in [0, 0.1) is 0 Å². The van der Waals surface area contributed by atoms with Gasteiger partial charge in [0, 0.05) is 13.1 Å². The van der Waals surface area contributed by atoms with Crippen molar-refractivity contribution in [2.45, 2.75) is 17.0 Å². The summed E-state index contributed by atoms with van der Waals surface area (Å²) in [4.78, 5) is 15.1. The summed E-state index contributed by atoms with van der Waals surface area (Å²) >= 11 is 7.07. The normalized spacial score (nSPS) is 10.4. The quantitative estimate of drug-likeness (QED) is 0.783. The number of nitrogens with zero attached hydrogens (tertiary/aromatic N) is 1. The smallest absolute Gasteiger partial charge is 0.194 e. The lowest BCUT2D eigenvalue weighted by Gasteiger charge is -1.96. The van der Waals surface area contributed by atoms with Gasteiger partial charge in [-0.15, -0.1) is 0 Å². The van der Waals surface area contributed by atoms with Gasteiger partial charge in [0.2, 0.25) is 0 Å². The molecule has 0 aromatic carbocycles. The number of Topliss-reactive ketones (excluding diaryl/α,β-unsaturated/α-hetero) is 1. The second kappa shape index (κ2) is 4.72. The number of carbonyl (C=O) groups excluding carboxylic acids is 1.